The van der Waals surface area contributed by atoms with E-state index in [1.54, 1.807) is 24.1 Å². The maximum atomic E-state index is 13.7. The highest BCUT2D eigenvalue weighted by Crippen LogP contribution is 2.24. The summed E-state index contributed by atoms with van der Waals surface area (Å²) in [6.07, 6.45) is 1.16. The smallest absolute Gasteiger partial charge is 0.149 e. The Morgan fingerprint density at radius 2 is 2.06 bits per heavy atom. The highest BCUT2D eigenvalue weighted by Gasteiger charge is 2.13. The Labute approximate surface area is 106 Å². The molecule has 0 heterocycles. The molecule has 0 saturated carbocycles. The van der Waals surface area contributed by atoms with Gasteiger partial charge in [-0.2, -0.15) is 0 Å². The SMILES string of the molecule is CN(CCS(C)(=O)=O)c1c(F)cccc1CCl. The lowest BCUT2D eigenvalue weighted by Gasteiger charge is -2.22. The second kappa shape index (κ2) is 5.69. The van der Waals surface area contributed by atoms with Crippen LogP contribution in [0.4, 0.5) is 10.1 Å². The largest absolute Gasteiger partial charge is 0.371 e. The number of alkyl halides is 1. The van der Waals surface area contributed by atoms with E-state index in [1.807, 2.05) is 0 Å². The third kappa shape index (κ3) is 4.16. The molecule has 0 N–H and O–H groups in total. The summed E-state index contributed by atoms with van der Waals surface area (Å²) in [4.78, 5) is 1.58. The molecule has 1 aromatic carbocycles. The van der Waals surface area contributed by atoms with E-state index >= 15 is 0 Å². The lowest BCUT2D eigenvalue weighted by Crippen LogP contribution is -2.26. The molecule has 0 fully saturated rings. The minimum Gasteiger partial charge on any atom is -0.371 e. The van der Waals surface area contributed by atoms with Crippen molar-refractivity contribution in [2.45, 2.75) is 5.88 Å². The maximum Gasteiger partial charge on any atom is 0.149 e. The molecule has 0 unspecified atom stereocenters. The summed E-state index contributed by atoms with van der Waals surface area (Å²) < 4.78 is 35.8. The van der Waals surface area contributed by atoms with Crippen LogP contribution in [-0.4, -0.2) is 34.0 Å². The molecular weight excluding hydrogens is 265 g/mol. The maximum absolute atomic E-state index is 13.7. The van der Waals surface area contributed by atoms with Gasteiger partial charge in [0.1, 0.15) is 15.7 Å². The molecule has 0 aliphatic heterocycles. The molecule has 17 heavy (non-hydrogen) atoms. The van der Waals surface area contributed by atoms with Gasteiger partial charge in [0.2, 0.25) is 0 Å². The van der Waals surface area contributed by atoms with Crippen LogP contribution in [0, 0.1) is 5.82 Å². The van der Waals surface area contributed by atoms with Crippen molar-refractivity contribution in [3.8, 4) is 0 Å². The zero-order valence-corrected chi connectivity index (χ0v) is 11.4. The molecule has 0 radical (unpaired) electrons. The molecule has 0 spiro atoms. The second-order valence-corrected chi connectivity index (χ2v) is 6.46. The summed E-state index contributed by atoms with van der Waals surface area (Å²) in [5, 5.41) is 0. The van der Waals surface area contributed by atoms with Crippen LogP contribution in [0.15, 0.2) is 18.2 Å². The summed E-state index contributed by atoms with van der Waals surface area (Å²) in [7, 11) is -1.40. The first-order valence-corrected chi connectivity index (χ1v) is 7.67. The minimum absolute atomic E-state index is 0.0143. The third-order valence-corrected chi connectivity index (χ3v) is 3.61. The molecular formula is C11H15ClFNO2S. The van der Waals surface area contributed by atoms with E-state index in [0.29, 0.717) is 11.3 Å². The van der Waals surface area contributed by atoms with Crippen LogP contribution in [0.25, 0.3) is 0 Å². The first kappa shape index (κ1) is 14.3. The fourth-order valence-electron chi connectivity index (χ4n) is 1.51. The van der Waals surface area contributed by atoms with Gasteiger partial charge in [0, 0.05) is 25.7 Å². The number of rotatable bonds is 5. The van der Waals surface area contributed by atoms with Crippen molar-refractivity contribution < 1.29 is 12.8 Å². The number of para-hydroxylation sites is 1. The normalized spacial score (nSPS) is 11.5. The number of nitrogens with zero attached hydrogens (tertiary/aromatic N) is 1. The zero-order valence-electron chi connectivity index (χ0n) is 9.78. The Kier molecular flexibility index (Phi) is 4.77. The lowest BCUT2D eigenvalue weighted by atomic mass is 10.2. The molecule has 0 amide bonds. The molecule has 96 valence electrons. The fraction of sp³-hybridized carbons (Fsp3) is 0.455. The molecule has 0 bridgehead atoms. The molecule has 1 rings (SSSR count). The second-order valence-electron chi connectivity index (χ2n) is 3.93. The average Bonchev–Trinajstić information content (AvgIpc) is 2.24. The Morgan fingerprint density at radius 3 is 2.59 bits per heavy atom. The van der Waals surface area contributed by atoms with E-state index in [9.17, 15) is 12.8 Å². The molecule has 0 aliphatic rings. The summed E-state index contributed by atoms with van der Waals surface area (Å²) in [5.74, 6) is -0.213. The predicted octanol–water partition coefficient (Wildman–Crippen LogP) is 2.05. The van der Waals surface area contributed by atoms with Gasteiger partial charge in [-0.05, 0) is 11.6 Å². The van der Waals surface area contributed by atoms with Gasteiger partial charge in [-0.3, -0.25) is 0 Å². The molecule has 3 nitrogen and oxygen atoms in total. The first-order chi connectivity index (χ1) is 7.85. The van der Waals surface area contributed by atoms with E-state index in [1.165, 1.54) is 6.07 Å². The van der Waals surface area contributed by atoms with Crippen LogP contribution >= 0.6 is 11.6 Å². The van der Waals surface area contributed by atoms with Gasteiger partial charge in [0.25, 0.3) is 0 Å². The van der Waals surface area contributed by atoms with Crippen molar-refractivity contribution in [3.05, 3.63) is 29.6 Å². The van der Waals surface area contributed by atoms with Crippen LogP contribution in [0.1, 0.15) is 5.56 Å². The van der Waals surface area contributed by atoms with Gasteiger partial charge in [0.05, 0.1) is 11.4 Å². The highest BCUT2D eigenvalue weighted by molar-refractivity contribution is 7.90. The summed E-state index contributed by atoms with van der Waals surface area (Å²) in [5.41, 5.74) is 1.02. The number of halogens is 2. The van der Waals surface area contributed by atoms with E-state index in [-0.39, 0.29) is 24.0 Å². The van der Waals surface area contributed by atoms with Gasteiger partial charge in [-0.15, -0.1) is 11.6 Å². The molecule has 0 aliphatic carbocycles. The van der Waals surface area contributed by atoms with Crippen molar-refractivity contribution in [2.75, 3.05) is 30.5 Å². The van der Waals surface area contributed by atoms with Crippen molar-refractivity contribution >= 4 is 27.1 Å². The average molecular weight is 280 g/mol. The monoisotopic (exact) mass is 279 g/mol. The van der Waals surface area contributed by atoms with Gasteiger partial charge < -0.3 is 4.90 Å². The molecule has 0 saturated heterocycles. The van der Waals surface area contributed by atoms with Crippen LogP contribution in [0.2, 0.25) is 0 Å². The van der Waals surface area contributed by atoms with E-state index in [2.05, 4.69) is 0 Å². The molecule has 6 heteroatoms. The summed E-state index contributed by atoms with van der Waals surface area (Å²) in [6.45, 7) is 0.240. The van der Waals surface area contributed by atoms with Crippen molar-refractivity contribution in [1.82, 2.24) is 0 Å². The first-order valence-electron chi connectivity index (χ1n) is 5.07. The summed E-state index contributed by atoms with van der Waals surface area (Å²) in [6, 6.07) is 4.64. The lowest BCUT2D eigenvalue weighted by molar-refractivity contribution is 0.599. The Balaban J connectivity index is 2.92. The van der Waals surface area contributed by atoms with Gasteiger partial charge >= 0.3 is 0 Å². The standard InChI is InChI=1S/C11H15ClFNO2S/c1-14(6-7-17(2,15)16)11-9(8-12)4-3-5-10(11)13/h3-5H,6-8H2,1-2H3. The third-order valence-electron chi connectivity index (χ3n) is 2.39. The Morgan fingerprint density at radius 1 is 1.41 bits per heavy atom. The topological polar surface area (TPSA) is 37.4 Å². The number of benzene rings is 1. The van der Waals surface area contributed by atoms with E-state index in [4.69, 9.17) is 11.6 Å². The van der Waals surface area contributed by atoms with Crippen molar-refractivity contribution in [2.24, 2.45) is 0 Å². The molecule has 1 aromatic rings. The van der Waals surface area contributed by atoms with E-state index in [0.717, 1.165) is 6.26 Å². The quantitative estimate of drug-likeness (QED) is 0.774. The van der Waals surface area contributed by atoms with Crippen LogP contribution in [0.5, 0.6) is 0 Å². The van der Waals surface area contributed by atoms with Crippen LogP contribution in [0.3, 0.4) is 0 Å². The van der Waals surface area contributed by atoms with Gasteiger partial charge in [-0.25, -0.2) is 12.8 Å². The molecule has 0 atom stereocenters. The van der Waals surface area contributed by atoms with Gasteiger partial charge in [-0.1, -0.05) is 12.1 Å². The summed E-state index contributed by atoms with van der Waals surface area (Å²) >= 11 is 5.73. The van der Waals surface area contributed by atoms with Gasteiger partial charge in [0.15, 0.2) is 0 Å². The fourth-order valence-corrected chi connectivity index (χ4v) is 2.33. The number of hydrogen-bond donors (Lipinski definition) is 0. The van der Waals surface area contributed by atoms with Crippen molar-refractivity contribution in [1.29, 1.82) is 0 Å². The number of sulfone groups is 1. The van der Waals surface area contributed by atoms with Crippen molar-refractivity contribution in [3.63, 3.8) is 0 Å². The minimum atomic E-state index is -3.06. The van der Waals surface area contributed by atoms with E-state index < -0.39 is 9.84 Å². The predicted molar refractivity (Wildman–Crippen MR) is 68.9 cm³/mol. The molecule has 0 aromatic heterocycles. The zero-order chi connectivity index (χ0) is 13.1. The number of hydrogen-bond acceptors (Lipinski definition) is 3. The number of anilines is 1. The van der Waals surface area contributed by atoms with Crippen LogP contribution in [-0.2, 0) is 15.7 Å². The Bertz CT molecular complexity index is 490. The Hall–Kier alpha value is -0.810. The highest BCUT2D eigenvalue weighted by atomic mass is 35.5. The van der Waals surface area contributed by atoms with Crippen LogP contribution < -0.4 is 4.90 Å².